The van der Waals surface area contributed by atoms with Crippen molar-refractivity contribution in [3.05, 3.63) is 0 Å². The normalized spacial score (nSPS) is 20.6. The summed E-state index contributed by atoms with van der Waals surface area (Å²) >= 11 is 0. The lowest BCUT2D eigenvalue weighted by molar-refractivity contribution is -0.152. The quantitative estimate of drug-likeness (QED) is 0.0411. The fourth-order valence-electron chi connectivity index (χ4n) is 16.3. The zero-order valence-corrected chi connectivity index (χ0v) is 68.3. The summed E-state index contributed by atoms with van der Waals surface area (Å²) in [5.74, 6) is -7.01. The summed E-state index contributed by atoms with van der Waals surface area (Å²) in [6, 6.07) is -11.1. The van der Waals surface area contributed by atoms with E-state index in [1.807, 2.05) is 76.2 Å². The number of ketones is 1. The first kappa shape index (κ1) is 91.1. The standard InChI is InChI=1S/C79H141N13O13/c1-22-52(12)70(73(99)84-69(54(14)94)79(105)85(15)46-68(96)86(16)62(53(13)93)39-49(6)7)91(21)78(104)66(42-55-31-25-23-26-32-55)90(20)76(102)61(38-48(4)5)83-72(98)64(43-56-45-81-59-34-28-27-33-57(56)59)88(18)77(103)65(41-51(10)11)89(19)75(101)60(37-47(2)3)82-71(97)63(40-50(8)9)87(17)67(95)44-58(80)74(100)92-35-29-24-30-36-92/h47-52,54-66,69-70,81,94H,22-46,80H2,1-21H3,(H,82,97)(H,83,98)(H,84,99)/t52-,54+,56?,57?,58-,59?,60-,61-,62-,63-,64-,65-,66-,69-,70-/m0/s1. The third-order valence-electron chi connectivity index (χ3n) is 22.8. The Kier molecular flexibility index (Phi) is 37.4. The largest absolute Gasteiger partial charge is 0.391 e. The van der Waals surface area contributed by atoms with E-state index in [0.29, 0.717) is 32.5 Å². The molecule has 26 nitrogen and oxygen atoms in total. The van der Waals surface area contributed by atoms with Gasteiger partial charge in [-0.25, -0.2) is 0 Å². The van der Waals surface area contributed by atoms with Crippen LogP contribution in [0.2, 0.25) is 0 Å². The van der Waals surface area contributed by atoms with Crippen molar-refractivity contribution in [2.45, 2.75) is 304 Å². The SMILES string of the molecule is CC[C@H](C)[C@@H](C(=O)N[C@H](C(=O)N(C)CC(=O)N(C)[C@@H](CC(C)C)C(C)=O)[C@@H](C)O)N(C)C(=O)[C@H](CC1CCCCC1)N(C)C(=O)[C@H](CC(C)C)NC(=O)[C@H](CC1CNC2CCCCC12)N(C)C(=O)[C@H](CC(C)C)N(C)C(=O)[C@H](CC(C)C)NC(=O)[C@H](CC(C)C)N(C)C(=O)C[C@H](N)C(=O)N1CCCCC1. The molecule has 0 radical (unpaired) electrons. The van der Waals surface area contributed by atoms with E-state index >= 15 is 24.0 Å². The molecule has 2 aliphatic carbocycles. The molecule has 15 atom stereocenters. The number of piperidine rings is 1. The van der Waals surface area contributed by atoms with Gasteiger partial charge in [-0.3, -0.25) is 57.5 Å². The van der Waals surface area contributed by atoms with Crippen molar-refractivity contribution in [3.63, 3.8) is 0 Å². The average molecular weight is 1480 g/mol. The molecule has 0 aromatic carbocycles. The van der Waals surface area contributed by atoms with Crippen LogP contribution in [-0.4, -0.2) is 263 Å². The molecular weight excluding hydrogens is 1340 g/mol. The Bertz CT molecular complexity index is 2880. The predicted octanol–water partition coefficient (Wildman–Crippen LogP) is 5.98. The number of rotatable bonds is 40. The summed E-state index contributed by atoms with van der Waals surface area (Å²) in [5, 5.41) is 23.7. The van der Waals surface area contributed by atoms with Crippen LogP contribution in [0.5, 0.6) is 0 Å². The number of carbonyl (C=O) groups excluding carboxylic acids is 12. The number of hydrogen-bond donors (Lipinski definition) is 6. The highest BCUT2D eigenvalue weighted by Gasteiger charge is 2.47. The predicted molar refractivity (Wildman–Crippen MR) is 408 cm³/mol. The number of fused-ring (bicyclic) bond motifs is 1. The number of likely N-dealkylation sites (tertiary alicyclic amines) is 1. The molecule has 26 heteroatoms. The molecule has 3 unspecified atom stereocenters. The maximum Gasteiger partial charge on any atom is 0.248 e. The van der Waals surface area contributed by atoms with Crippen LogP contribution in [0.4, 0.5) is 0 Å². The van der Waals surface area contributed by atoms with Crippen LogP contribution in [0.15, 0.2) is 0 Å². The monoisotopic (exact) mass is 1480 g/mol. The van der Waals surface area contributed by atoms with Gasteiger partial charge in [0.1, 0.15) is 48.3 Å². The smallest absolute Gasteiger partial charge is 0.248 e. The molecule has 600 valence electrons. The number of carbonyl (C=O) groups is 12. The van der Waals surface area contributed by atoms with Crippen molar-refractivity contribution in [1.29, 1.82) is 0 Å². The fraction of sp³-hybridized carbons (Fsp3) is 0.848. The number of nitrogens with one attached hydrogen (secondary N) is 4. The first-order valence-corrected chi connectivity index (χ1v) is 39.9. The van der Waals surface area contributed by atoms with Gasteiger partial charge < -0.3 is 71.3 Å². The van der Waals surface area contributed by atoms with Crippen LogP contribution < -0.4 is 27.0 Å². The van der Waals surface area contributed by atoms with Crippen LogP contribution in [-0.2, 0) is 57.5 Å². The van der Waals surface area contributed by atoms with Crippen molar-refractivity contribution in [2.24, 2.45) is 59.0 Å². The molecule has 0 aromatic rings. The Morgan fingerprint density at radius 1 is 0.486 bits per heavy atom. The molecule has 11 amide bonds. The first-order chi connectivity index (χ1) is 49.1. The number of Topliss-reactive ketones (excluding diaryl/α,β-unsaturated/α-hetero) is 1. The molecule has 2 heterocycles. The van der Waals surface area contributed by atoms with Crippen molar-refractivity contribution in [2.75, 3.05) is 75.5 Å². The molecule has 4 aliphatic rings. The maximum absolute atomic E-state index is 15.8. The number of hydrogen-bond acceptors (Lipinski definition) is 15. The maximum atomic E-state index is 15.8. The lowest BCUT2D eigenvalue weighted by atomic mass is 9.77. The van der Waals surface area contributed by atoms with Gasteiger partial charge in [0.25, 0.3) is 0 Å². The van der Waals surface area contributed by atoms with E-state index in [0.717, 1.165) is 81.9 Å². The molecule has 2 aliphatic heterocycles. The molecule has 2 saturated carbocycles. The van der Waals surface area contributed by atoms with Crippen molar-refractivity contribution in [1.82, 2.24) is 60.5 Å². The van der Waals surface area contributed by atoms with E-state index in [9.17, 15) is 38.7 Å². The van der Waals surface area contributed by atoms with Gasteiger partial charge in [0.15, 0.2) is 5.78 Å². The minimum atomic E-state index is -1.54. The van der Waals surface area contributed by atoms with Crippen molar-refractivity contribution < 1.29 is 62.6 Å². The van der Waals surface area contributed by atoms with Crippen LogP contribution in [0, 0.1) is 53.3 Å². The Labute approximate surface area is 630 Å². The number of nitrogens with zero attached hydrogens (tertiary/aromatic N) is 8. The molecule has 7 N–H and O–H groups in total. The van der Waals surface area contributed by atoms with E-state index in [2.05, 4.69) is 21.3 Å². The number of aliphatic hydroxyl groups excluding tert-OH is 1. The molecule has 2 saturated heterocycles. The van der Waals surface area contributed by atoms with Gasteiger partial charge in [-0.2, -0.15) is 0 Å². The summed E-state index contributed by atoms with van der Waals surface area (Å²) < 4.78 is 0. The molecule has 0 aromatic heterocycles. The topological polar surface area (TPSA) is 325 Å². The first-order valence-electron chi connectivity index (χ1n) is 39.9. The lowest BCUT2D eigenvalue weighted by Gasteiger charge is -2.40. The summed E-state index contributed by atoms with van der Waals surface area (Å²) in [7, 11) is 10.6. The minimum Gasteiger partial charge on any atom is -0.391 e. The molecule has 4 rings (SSSR count). The average Bonchev–Trinajstić information content (AvgIpc) is 1.72. The molecule has 0 bridgehead atoms. The summed E-state index contributed by atoms with van der Waals surface area (Å²) in [5.41, 5.74) is 6.37. The van der Waals surface area contributed by atoms with Crippen LogP contribution in [0.25, 0.3) is 0 Å². The van der Waals surface area contributed by atoms with E-state index in [1.165, 1.54) is 71.4 Å². The van der Waals surface area contributed by atoms with Crippen LogP contribution >= 0.6 is 0 Å². The fourth-order valence-corrected chi connectivity index (χ4v) is 16.3. The summed E-state index contributed by atoms with van der Waals surface area (Å²) in [6.07, 6.45) is 11.5. The Morgan fingerprint density at radius 2 is 0.943 bits per heavy atom. The van der Waals surface area contributed by atoms with Gasteiger partial charge in [0.2, 0.25) is 65.0 Å². The number of amides is 11. The third-order valence-corrected chi connectivity index (χ3v) is 22.8. The molecule has 0 spiro atoms. The lowest BCUT2D eigenvalue weighted by Crippen LogP contribution is -2.62. The third kappa shape index (κ3) is 26.5. The molecule has 4 fully saturated rings. The zero-order valence-electron chi connectivity index (χ0n) is 68.3. The van der Waals surface area contributed by atoms with Crippen LogP contribution in [0.3, 0.4) is 0 Å². The van der Waals surface area contributed by atoms with Crippen LogP contribution in [0.1, 0.15) is 232 Å². The van der Waals surface area contributed by atoms with Gasteiger partial charge in [-0.05, 0) is 151 Å². The van der Waals surface area contributed by atoms with Crippen molar-refractivity contribution >= 4 is 70.8 Å². The number of likely N-dealkylation sites (N-methyl/N-ethyl adjacent to an activating group) is 7. The van der Waals surface area contributed by atoms with Gasteiger partial charge in [0.05, 0.1) is 31.2 Å². The molecule has 105 heavy (non-hydrogen) atoms. The van der Waals surface area contributed by atoms with Gasteiger partial charge in [-0.15, -0.1) is 0 Å². The van der Waals surface area contributed by atoms with E-state index in [-0.39, 0.29) is 110 Å². The Balaban J connectivity index is 1.72. The Morgan fingerprint density at radius 3 is 1.46 bits per heavy atom. The van der Waals surface area contributed by atoms with E-state index < -0.39 is 138 Å². The summed E-state index contributed by atoms with van der Waals surface area (Å²) in [6.45, 7) is 27.0. The number of nitrogens with two attached hydrogens (primary N) is 1. The molecular formula is C79H141N13O13. The highest BCUT2D eigenvalue weighted by atomic mass is 16.3. The summed E-state index contributed by atoms with van der Waals surface area (Å²) in [4.78, 5) is 186. The second-order valence-corrected chi connectivity index (χ2v) is 33.9. The second kappa shape index (κ2) is 43.1. The second-order valence-electron chi connectivity index (χ2n) is 33.9. The highest BCUT2D eigenvalue weighted by Crippen LogP contribution is 2.38. The van der Waals surface area contributed by atoms with Gasteiger partial charge in [-0.1, -0.05) is 134 Å². The highest BCUT2D eigenvalue weighted by molar-refractivity contribution is 5.99. The van der Waals surface area contributed by atoms with Crippen molar-refractivity contribution in [3.8, 4) is 0 Å². The van der Waals surface area contributed by atoms with E-state index in [4.69, 9.17) is 5.73 Å². The van der Waals surface area contributed by atoms with Gasteiger partial charge in [0, 0.05) is 68.5 Å². The van der Waals surface area contributed by atoms with Gasteiger partial charge >= 0.3 is 0 Å². The van der Waals surface area contributed by atoms with E-state index in [1.54, 1.807) is 33.0 Å². The number of aliphatic hydroxyl groups is 1. The minimum absolute atomic E-state index is 0.0292. The zero-order chi connectivity index (χ0) is 79.2. The Hall–Kier alpha value is -6.28.